The van der Waals surface area contributed by atoms with Crippen LogP contribution in [0.3, 0.4) is 0 Å². The van der Waals surface area contributed by atoms with E-state index in [2.05, 4.69) is 69.0 Å². The van der Waals surface area contributed by atoms with Gasteiger partial charge in [0.1, 0.15) is 0 Å². The monoisotopic (exact) mass is 222 g/mol. The molecule has 0 fully saturated rings. The molecule has 0 nitrogen and oxygen atoms in total. The second-order valence-corrected chi connectivity index (χ2v) is 4.60. The fourth-order valence-electron chi connectivity index (χ4n) is 1.87. The first-order valence-corrected chi connectivity index (χ1v) is 6.03. The zero-order valence-electron chi connectivity index (χ0n) is 10.5. The van der Waals surface area contributed by atoms with E-state index in [0.29, 0.717) is 5.92 Å². The van der Waals surface area contributed by atoms with E-state index in [1.54, 1.807) is 0 Å². The van der Waals surface area contributed by atoms with E-state index < -0.39 is 0 Å². The molecule has 0 aliphatic rings. The maximum Gasteiger partial charge on any atom is -0.0184 e. The van der Waals surface area contributed by atoms with Gasteiger partial charge in [-0.25, -0.2) is 0 Å². The molecular formula is C17H18. The van der Waals surface area contributed by atoms with Gasteiger partial charge in [-0.05, 0) is 28.2 Å². The second-order valence-electron chi connectivity index (χ2n) is 4.60. The molecule has 0 atom stereocenters. The van der Waals surface area contributed by atoms with Crippen LogP contribution in [0.5, 0.6) is 0 Å². The van der Waals surface area contributed by atoms with Crippen LogP contribution in [0, 0.1) is 0 Å². The predicted octanol–water partition coefficient (Wildman–Crippen LogP) is 5.12. The predicted molar refractivity (Wildman–Crippen MR) is 76.1 cm³/mol. The van der Waals surface area contributed by atoms with Crippen molar-refractivity contribution in [3.05, 3.63) is 66.2 Å². The molecule has 0 aliphatic carbocycles. The van der Waals surface area contributed by atoms with Gasteiger partial charge in [-0.15, -0.1) is 0 Å². The first kappa shape index (κ1) is 11.7. The third-order valence-corrected chi connectivity index (χ3v) is 3.06. The van der Waals surface area contributed by atoms with E-state index in [1.807, 2.05) is 6.08 Å². The molecule has 2 rings (SSSR count). The summed E-state index contributed by atoms with van der Waals surface area (Å²) in [6.45, 7) is 8.20. The zero-order chi connectivity index (χ0) is 12.3. The standard InChI is InChI=1S/C17H18/c1-4-14-5-7-16(8-6-14)17-11-9-15(10-12-17)13(2)3/h4-13H,1H2,2-3H3. The van der Waals surface area contributed by atoms with Crippen molar-refractivity contribution in [2.75, 3.05) is 0 Å². The van der Waals surface area contributed by atoms with Crippen LogP contribution < -0.4 is 0 Å². The van der Waals surface area contributed by atoms with Crippen LogP contribution in [0.25, 0.3) is 17.2 Å². The molecule has 0 spiro atoms. The van der Waals surface area contributed by atoms with Gasteiger partial charge in [-0.1, -0.05) is 75.0 Å². The van der Waals surface area contributed by atoms with Crippen molar-refractivity contribution in [3.63, 3.8) is 0 Å². The van der Waals surface area contributed by atoms with E-state index in [4.69, 9.17) is 0 Å². The lowest BCUT2D eigenvalue weighted by Crippen LogP contribution is -1.86. The smallest absolute Gasteiger partial charge is 0.0184 e. The van der Waals surface area contributed by atoms with Crippen LogP contribution in [0.2, 0.25) is 0 Å². The average molecular weight is 222 g/mol. The summed E-state index contributed by atoms with van der Waals surface area (Å²) in [6.07, 6.45) is 1.87. The van der Waals surface area contributed by atoms with Gasteiger partial charge in [-0.2, -0.15) is 0 Å². The van der Waals surface area contributed by atoms with E-state index in [1.165, 1.54) is 16.7 Å². The molecule has 0 amide bonds. The summed E-state index contributed by atoms with van der Waals surface area (Å²) in [4.78, 5) is 0. The fourth-order valence-corrected chi connectivity index (χ4v) is 1.87. The first-order chi connectivity index (χ1) is 8.20. The lowest BCUT2D eigenvalue weighted by molar-refractivity contribution is 0.867. The van der Waals surface area contributed by atoms with E-state index >= 15 is 0 Å². The summed E-state index contributed by atoms with van der Waals surface area (Å²) >= 11 is 0. The van der Waals surface area contributed by atoms with Crippen molar-refractivity contribution in [1.82, 2.24) is 0 Å². The Kier molecular flexibility index (Phi) is 3.43. The molecule has 0 heterocycles. The van der Waals surface area contributed by atoms with E-state index in [9.17, 15) is 0 Å². The maximum atomic E-state index is 3.76. The third kappa shape index (κ3) is 2.65. The molecular weight excluding hydrogens is 204 g/mol. The highest BCUT2D eigenvalue weighted by molar-refractivity contribution is 5.65. The van der Waals surface area contributed by atoms with Crippen molar-refractivity contribution in [3.8, 4) is 11.1 Å². The highest BCUT2D eigenvalue weighted by Crippen LogP contribution is 2.23. The van der Waals surface area contributed by atoms with Gasteiger partial charge < -0.3 is 0 Å². The summed E-state index contributed by atoms with van der Waals surface area (Å²) in [5, 5.41) is 0. The second kappa shape index (κ2) is 5.01. The molecule has 0 saturated carbocycles. The minimum absolute atomic E-state index is 0.590. The normalized spacial score (nSPS) is 10.5. The van der Waals surface area contributed by atoms with Crippen LogP contribution in [0.4, 0.5) is 0 Å². The molecule has 0 N–H and O–H groups in total. The van der Waals surface area contributed by atoms with Crippen LogP contribution in [0.15, 0.2) is 55.1 Å². The van der Waals surface area contributed by atoms with Crippen molar-refractivity contribution >= 4 is 6.08 Å². The average Bonchev–Trinajstić information content (AvgIpc) is 2.39. The molecule has 86 valence electrons. The summed E-state index contributed by atoms with van der Waals surface area (Å²) < 4.78 is 0. The van der Waals surface area contributed by atoms with Crippen molar-refractivity contribution in [2.45, 2.75) is 19.8 Å². The third-order valence-electron chi connectivity index (χ3n) is 3.06. The number of rotatable bonds is 3. The molecule has 0 heteroatoms. The molecule has 0 aliphatic heterocycles. The number of benzene rings is 2. The van der Waals surface area contributed by atoms with E-state index in [-0.39, 0.29) is 0 Å². The quantitative estimate of drug-likeness (QED) is 0.676. The maximum absolute atomic E-state index is 3.76. The molecule has 0 aromatic heterocycles. The molecule has 2 aromatic rings. The van der Waals surface area contributed by atoms with Crippen LogP contribution in [-0.2, 0) is 0 Å². The van der Waals surface area contributed by atoms with Gasteiger partial charge in [0.25, 0.3) is 0 Å². The molecule has 0 unspecified atom stereocenters. The van der Waals surface area contributed by atoms with E-state index in [0.717, 1.165) is 5.56 Å². The van der Waals surface area contributed by atoms with Gasteiger partial charge in [0.15, 0.2) is 0 Å². The van der Waals surface area contributed by atoms with Gasteiger partial charge >= 0.3 is 0 Å². The lowest BCUT2D eigenvalue weighted by Gasteiger charge is -2.07. The largest absolute Gasteiger partial charge is 0.0985 e. The molecule has 2 aromatic carbocycles. The first-order valence-electron chi connectivity index (χ1n) is 6.03. The Morgan fingerprint density at radius 3 is 1.71 bits per heavy atom. The van der Waals surface area contributed by atoms with Crippen LogP contribution in [-0.4, -0.2) is 0 Å². The van der Waals surface area contributed by atoms with Crippen LogP contribution in [0.1, 0.15) is 30.9 Å². The molecule has 0 saturated heterocycles. The zero-order valence-corrected chi connectivity index (χ0v) is 10.5. The molecule has 0 radical (unpaired) electrons. The Morgan fingerprint density at radius 1 is 0.824 bits per heavy atom. The minimum atomic E-state index is 0.590. The van der Waals surface area contributed by atoms with Crippen molar-refractivity contribution in [2.24, 2.45) is 0 Å². The fraction of sp³-hybridized carbons (Fsp3) is 0.176. The summed E-state index contributed by atoms with van der Waals surface area (Å²) in [5.41, 5.74) is 5.07. The molecule has 0 bridgehead atoms. The Labute approximate surface area is 104 Å². The Bertz CT molecular complexity index is 487. The SMILES string of the molecule is C=Cc1ccc(-c2ccc(C(C)C)cc2)cc1. The van der Waals surface area contributed by atoms with Gasteiger partial charge in [0, 0.05) is 0 Å². The highest BCUT2D eigenvalue weighted by atomic mass is 14.1. The highest BCUT2D eigenvalue weighted by Gasteiger charge is 2.00. The van der Waals surface area contributed by atoms with Gasteiger partial charge in [0.2, 0.25) is 0 Å². The van der Waals surface area contributed by atoms with Gasteiger partial charge in [-0.3, -0.25) is 0 Å². The Balaban J connectivity index is 2.29. The lowest BCUT2D eigenvalue weighted by atomic mass is 9.98. The molecule has 17 heavy (non-hydrogen) atoms. The summed E-state index contributed by atoms with van der Waals surface area (Å²) in [5.74, 6) is 0.590. The number of hydrogen-bond donors (Lipinski definition) is 0. The van der Waals surface area contributed by atoms with Crippen molar-refractivity contribution < 1.29 is 0 Å². The summed E-state index contributed by atoms with van der Waals surface area (Å²) in [6, 6.07) is 17.3. The van der Waals surface area contributed by atoms with Crippen molar-refractivity contribution in [1.29, 1.82) is 0 Å². The topological polar surface area (TPSA) is 0 Å². The number of hydrogen-bond acceptors (Lipinski definition) is 0. The van der Waals surface area contributed by atoms with Crippen LogP contribution >= 0.6 is 0 Å². The Morgan fingerprint density at radius 2 is 1.29 bits per heavy atom. The minimum Gasteiger partial charge on any atom is -0.0985 e. The summed E-state index contributed by atoms with van der Waals surface area (Å²) in [7, 11) is 0. The van der Waals surface area contributed by atoms with Gasteiger partial charge in [0.05, 0.1) is 0 Å². The Hall–Kier alpha value is -1.82.